The number of carbonyl (C=O) groups is 2. The van der Waals surface area contributed by atoms with Crippen LogP contribution in [0.25, 0.3) is 0 Å². The largest absolute Gasteiger partial charge is 0.508 e. The Morgan fingerprint density at radius 3 is 2.87 bits per heavy atom. The van der Waals surface area contributed by atoms with Crippen molar-refractivity contribution in [2.75, 3.05) is 19.7 Å². The lowest BCUT2D eigenvalue weighted by Gasteiger charge is -2.26. The number of amides is 2. The van der Waals surface area contributed by atoms with Crippen molar-refractivity contribution < 1.29 is 19.4 Å². The molecule has 124 valence electrons. The van der Waals surface area contributed by atoms with E-state index in [0.29, 0.717) is 18.7 Å². The molecule has 1 aromatic carbocycles. The highest BCUT2D eigenvalue weighted by Gasteiger charge is 2.23. The van der Waals surface area contributed by atoms with Crippen LogP contribution in [-0.4, -0.2) is 47.6 Å². The van der Waals surface area contributed by atoms with Crippen LogP contribution in [0.3, 0.4) is 0 Å². The van der Waals surface area contributed by atoms with Crippen LogP contribution in [0.15, 0.2) is 36.9 Å². The van der Waals surface area contributed by atoms with Crippen LogP contribution in [0.5, 0.6) is 5.75 Å². The van der Waals surface area contributed by atoms with Gasteiger partial charge in [-0.25, -0.2) is 0 Å². The topological polar surface area (TPSA) is 78.9 Å². The molecule has 6 heteroatoms. The molecule has 0 saturated carbocycles. The Kier molecular flexibility index (Phi) is 6.17. The number of hydrogen-bond donors (Lipinski definition) is 2. The molecule has 0 radical (unpaired) electrons. The fraction of sp³-hybridized carbons (Fsp3) is 0.412. The molecule has 1 heterocycles. The quantitative estimate of drug-likeness (QED) is 0.741. The molecule has 1 aliphatic rings. The van der Waals surface area contributed by atoms with Gasteiger partial charge in [0.25, 0.3) is 0 Å². The second-order valence-corrected chi connectivity index (χ2v) is 5.46. The average Bonchev–Trinajstić information content (AvgIpc) is 3.06. The molecule has 23 heavy (non-hydrogen) atoms. The van der Waals surface area contributed by atoms with Gasteiger partial charge in [0.05, 0.1) is 12.6 Å². The van der Waals surface area contributed by atoms with Crippen LogP contribution >= 0.6 is 0 Å². The molecule has 2 amide bonds. The number of rotatable bonds is 7. The fourth-order valence-corrected chi connectivity index (χ4v) is 2.49. The highest BCUT2D eigenvalue weighted by Crippen LogP contribution is 2.20. The first kappa shape index (κ1) is 17.0. The fourth-order valence-electron chi connectivity index (χ4n) is 2.49. The second kappa shape index (κ2) is 8.33. The maximum absolute atomic E-state index is 12.4. The molecule has 1 saturated heterocycles. The molecular weight excluding hydrogens is 296 g/mol. The van der Waals surface area contributed by atoms with E-state index in [1.165, 1.54) is 0 Å². The van der Waals surface area contributed by atoms with Gasteiger partial charge >= 0.3 is 0 Å². The van der Waals surface area contributed by atoms with Crippen molar-refractivity contribution in [2.45, 2.75) is 25.5 Å². The van der Waals surface area contributed by atoms with Gasteiger partial charge in [0, 0.05) is 25.3 Å². The number of nitrogens with one attached hydrogen (secondary N) is 1. The second-order valence-electron chi connectivity index (χ2n) is 5.46. The van der Waals surface area contributed by atoms with Gasteiger partial charge in [0.15, 0.2) is 0 Å². The Hall–Kier alpha value is -2.34. The van der Waals surface area contributed by atoms with Crippen LogP contribution < -0.4 is 5.32 Å². The lowest BCUT2D eigenvalue weighted by atomic mass is 10.1. The van der Waals surface area contributed by atoms with Crippen LogP contribution in [0.1, 0.15) is 18.4 Å². The smallest absolute Gasteiger partial charge is 0.243 e. The third kappa shape index (κ3) is 5.10. The average molecular weight is 318 g/mol. The summed E-state index contributed by atoms with van der Waals surface area (Å²) >= 11 is 0. The van der Waals surface area contributed by atoms with E-state index in [9.17, 15) is 14.7 Å². The van der Waals surface area contributed by atoms with E-state index in [0.717, 1.165) is 18.9 Å². The molecule has 1 aromatic rings. The predicted molar refractivity (Wildman–Crippen MR) is 85.7 cm³/mol. The van der Waals surface area contributed by atoms with Gasteiger partial charge in [0.1, 0.15) is 5.75 Å². The first-order valence-electron chi connectivity index (χ1n) is 7.66. The van der Waals surface area contributed by atoms with E-state index in [1.807, 2.05) is 6.07 Å². The zero-order valence-electron chi connectivity index (χ0n) is 13.0. The minimum atomic E-state index is -0.391. The normalized spacial score (nSPS) is 16.8. The Morgan fingerprint density at radius 1 is 1.43 bits per heavy atom. The van der Waals surface area contributed by atoms with Gasteiger partial charge in [-0.3, -0.25) is 9.59 Å². The number of aromatic hydroxyl groups is 1. The Balaban J connectivity index is 2.04. The van der Waals surface area contributed by atoms with Gasteiger partial charge in [0.2, 0.25) is 11.8 Å². The summed E-state index contributed by atoms with van der Waals surface area (Å²) in [4.78, 5) is 25.2. The van der Waals surface area contributed by atoms with Crippen LogP contribution in [-0.2, 0) is 20.9 Å². The first-order valence-corrected chi connectivity index (χ1v) is 7.66. The highest BCUT2D eigenvalue weighted by atomic mass is 16.5. The van der Waals surface area contributed by atoms with E-state index in [1.54, 1.807) is 23.1 Å². The van der Waals surface area contributed by atoms with Crippen molar-refractivity contribution in [3.63, 3.8) is 0 Å². The van der Waals surface area contributed by atoms with E-state index in [2.05, 4.69) is 11.9 Å². The van der Waals surface area contributed by atoms with Gasteiger partial charge in [-0.1, -0.05) is 24.8 Å². The molecule has 0 bridgehead atoms. The predicted octanol–water partition coefficient (Wildman–Crippen LogP) is 1.20. The molecule has 0 spiro atoms. The monoisotopic (exact) mass is 318 g/mol. The van der Waals surface area contributed by atoms with E-state index in [4.69, 9.17) is 4.74 Å². The molecule has 6 nitrogen and oxygen atoms in total. The molecule has 0 unspecified atom stereocenters. The maximum Gasteiger partial charge on any atom is 0.243 e. The Labute approximate surface area is 135 Å². The van der Waals surface area contributed by atoms with Crippen molar-refractivity contribution in [3.8, 4) is 5.75 Å². The highest BCUT2D eigenvalue weighted by molar-refractivity contribution is 5.90. The molecular formula is C17H22N2O4. The van der Waals surface area contributed by atoms with Gasteiger partial charge in [-0.05, 0) is 25.0 Å². The number of ether oxygens (including phenoxy) is 1. The third-order valence-corrected chi connectivity index (χ3v) is 3.75. The first-order chi connectivity index (χ1) is 11.1. The van der Waals surface area contributed by atoms with Crippen LogP contribution in [0.2, 0.25) is 0 Å². The zero-order chi connectivity index (χ0) is 16.7. The van der Waals surface area contributed by atoms with Crippen molar-refractivity contribution >= 4 is 11.8 Å². The maximum atomic E-state index is 12.4. The molecule has 2 N–H and O–H groups in total. The van der Waals surface area contributed by atoms with Crippen molar-refractivity contribution in [1.29, 1.82) is 0 Å². The molecule has 1 fully saturated rings. The number of phenolic OH excluding ortho intramolecular Hbond substituents is 1. The minimum absolute atomic E-state index is 0.0000825. The Morgan fingerprint density at radius 2 is 2.22 bits per heavy atom. The molecule has 2 rings (SSSR count). The number of nitrogens with zero attached hydrogens (tertiary/aromatic N) is 1. The molecule has 1 aliphatic heterocycles. The Bertz CT molecular complexity index is 567. The summed E-state index contributed by atoms with van der Waals surface area (Å²) in [5.74, 6) is -0.468. The summed E-state index contributed by atoms with van der Waals surface area (Å²) in [6, 6.07) is 6.90. The number of hydrogen-bond acceptors (Lipinski definition) is 4. The summed E-state index contributed by atoms with van der Waals surface area (Å²) in [7, 11) is 0. The van der Waals surface area contributed by atoms with Gasteiger partial charge < -0.3 is 20.1 Å². The van der Waals surface area contributed by atoms with E-state index >= 15 is 0 Å². The van der Waals surface area contributed by atoms with Crippen LogP contribution in [0, 0.1) is 0 Å². The zero-order valence-corrected chi connectivity index (χ0v) is 13.0. The number of para-hydroxylation sites is 1. The van der Waals surface area contributed by atoms with Crippen molar-refractivity contribution in [3.05, 3.63) is 42.5 Å². The van der Waals surface area contributed by atoms with Crippen molar-refractivity contribution in [2.24, 2.45) is 0 Å². The molecule has 0 aromatic heterocycles. The van der Waals surface area contributed by atoms with Gasteiger partial charge in [-0.2, -0.15) is 0 Å². The minimum Gasteiger partial charge on any atom is -0.508 e. The summed E-state index contributed by atoms with van der Waals surface area (Å²) in [6.45, 7) is 4.67. The number of phenols is 1. The lowest BCUT2D eigenvalue weighted by Crippen LogP contribution is -2.42. The standard InChI is InChI=1S/C17H22N2O4/c1-2-16(21)18-10-17(22)19(12-14-7-5-9-23-14)11-13-6-3-4-8-15(13)20/h2-4,6,8,14,20H,1,5,7,9-12H2,(H,18,21)/t14-/m0/s1. The lowest BCUT2D eigenvalue weighted by molar-refractivity contribution is -0.134. The van der Waals surface area contributed by atoms with Crippen molar-refractivity contribution in [1.82, 2.24) is 10.2 Å². The summed E-state index contributed by atoms with van der Waals surface area (Å²) < 4.78 is 5.59. The van der Waals surface area contributed by atoms with Crippen LogP contribution in [0.4, 0.5) is 0 Å². The summed E-state index contributed by atoms with van der Waals surface area (Å²) in [5, 5.41) is 12.4. The van der Waals surface area contributed by atoms with E-state index in [-0.39, 0.29) is 30.9 Å². The number of benzene rings is 1. The number of carbonyl (C=O) groups excluding carboxylic acids is 2. The third-order valence-electron chi connectivity index (χ3n) is 3.75. The molecule has 1 atom stereocenters. The SMILES string of the molecule is C=CC(=O)NCC(=O)N(Cc1ccccc1O)C[C@@H]1CCCO1. The van der Waals surface area contributed by atoms with E-state index < -0.39 is 5.91 Å². The summed E-state index contributed by atoms with van der Waals surface area (Å²) in [5.41, 5.74) is 0.661. The van der Waals surface area contributed by atoms with Gasteiger partial charge in [-0.15, -0.1) is 0 Å². The molecule has 0 aliphatic carbocycles. The summed E-state index contributed by atoms with van der Waals surface area (Å²) in [6.07, 6.45) is 3.01.